The lowest BCUT2D eigenvalue weighted by atomic mass is 9.77. The number of methoxy groups -OCH3 is 1. The maximum absolute atomic E-state index is 13.3. The predicted molar refractivity (Wildman–Crippen MR) is 164 cm³/mol. The summed E-state index contributed by atoms with van der Waals surface area (Å²) in [6, 6.07) is 13.6. The number of halogens is 2. The molecule has 44 heavy (non-hydrogen) atoms. The predicted octanol–water partition coefficient (Wildman–Crippen LogP) is 6.36. The van der Waals surface area contributed by atoms with Gasteiger partial charge < -0.3 is 15.4 Å². The summed E-state index contributed by atoms with van der Waals surface area (Å²) in [5.74, 6) is 4.05. The van der Waals surface area contributed by atoms with E-state index < -0.39 is 39.3 Å². The number of rotatable bonds is 7. The second-order valence-electron chi connectivity index (χ2n) is 11.1. The van der Waals surface area contributed by atoms with E-state index in [4.69, 9.17) is 4.74 Å². The highest BCUT2D eigenvalue weighted by molar-refractivity contribution is 7.92. The highest BCUT2D eigenvalue weighted by Crippen LogP contribution is 2.45. The van der Waals surface area contributed by atoms with Crippen molar-refractivity contribution >= 4 is 43.7 Å². The first-order valence-electron chi connectivity index (χ1n) is 14.3. The molecule has 2 aliphatic rings. The Morgan fingerprint density at radius 1 is 1.05 bits per heavy atom. The van der Waals surface area contributed by atoms with E-state index in [0.29, 0.717) is 17.2 Å². The number of nitrogens with one attached hydrogen (secondary N) is 2. The second kappa shape index (κ2) is 10.9. The first-order valence-corrected chi connectivity index (χ1v) is 15.8. The zero-order valence-electron chi connectivity index (χ0n) is 24.4. The van der Waals surface area contributed by atoms with Crippen LogP contribution in [-0.2, 0) is 20.0 Å². The van der Waals surface area contributed by atoms with Gasteiger partial charge in [0.1, 0.15) is 17.3 Å². The van der Waals surface area contributed by atoms with Crippen LogP contribution in [0, 0.1) is 11.8 Å². The molecule has 2 N–H and O–H groups in total. The summed E-state index contributed by atoms with van der Waals surface area (Å²) in [5, 5.41) is 6.60. The molecule has 1 saturated carbocycles. The number of carbonyl (C=O) groups excluding carboxylic acids is 1. The Labute approximate surface area is 254 Å². The minimum atomic E-state index is -3.92. The van der Waals surface area contributed by atoms with Crippen LogP contribution in [-0.4, -0.2) is 42.6 Å². The van der Waals surface area contributed by atoms with Crippen LogP contribution in [0.25, 0.3) is 10.8 Å². The van der Waals surface area contributed by atoms with E-state index >= 15 is 0 Å². The standard InChI is InChI=1S/C33H30F2N4O4S/c1-4-32(5-2)25-9-6-20(14-28(25)39-31(32)40)7-10-26-24-16-30(37-19-21(24)12-13-36-26)38-27-11-8-22(15-29(27)43-3)44(41,42)23-17-33(34,35)18-23/h6,8-9,11-16,19,23H,4-5,17-18H2,1-3H3,(H,37,38)(H,39,40). The molecular formula is C33H30F2N4O4S. The highest BCUT2D eigenvalue weighted by Gasteiger charge is 2.52. The summed E-state index contributed by atoms with van der Waals surface area (Å²) in [6.07, 6.45) is 3.40. The van der Waals surface area contributed by atoms with Gasteiger partial charge in [0.2, 0.25) is 5.91 Å². The molecule has 0 atom stereocenters. The van der Waals surface area contributed by atoms with Crippen LogP contribution < -0.4 is 15.4 Å². The summed E-state index contributed by atoms with van der Waals surface area (Å²) in [4.78, 5) is 21.6. The van der Waals surface area contributed by atoms with Gasteiger partial charge in [0.05, 0.1) is 28.4 Å². The van der Waals surface area contributed by atoms with Crippen molar-refractivity contribution in [3.63, 3.8) is 0 Å². The van der Waals surface area contributed by atoms with E-state index in [0.717, 1.165) is 40.4 Å². The normalized spacial score (nSPS) is 16.8. The number of pyridine rings is 2. The van der Waals surface area contributed by atoms with Crippen molar-refractivity contribution in [3.8, 4) is 17.6 Å². The summed E-state index contributed by atoms with van der Waals surface area (Å²) >= 11 is 0. The van der Waals surface area contributed by atoms with Gasteiger partial charge in [-0.25, -0.2) is 27.2 Å². The van der Waals surface area contributed by atoms with Gasteiger partial charge in [0.25, 0.3) is 5.92 Å². The fraction of sp³-hybridized carbons (Fsp3) is 0.303. The van der Waals surface area contributed by atoms with Gasteiger partial charge in [-0.1, -0.05) is 25.8 Å². The summed E-state index contributed by atoms with van der Waals surface area (Å²) in [7, 11) is -2.52. The molecule has 3 heterocycles. The number of carbonyl (C=O) groups is 1. The van der Waals surface area contributed by atoms with Crippen molar-refractivity contribution in [1.82, 2.24) is 9.97 Å². The van der Waals surface area contributed by atoms with Crippen molar-refractivity contribution in [3.05, 3.63) is 77.7 Å². The minimum Gasteiger partial charge on any atom is -0.495 e. The molecule has 226 valence electrons. The van der Waals surface area contributed by atoms with Crippen LogP contribution in [0.5, 0.6) is 5.75 Å². The highest BCUT2D eigenvalue weighted by atomic mass is 32.2. The Morgan fingerprint density at radius 2 is 1.82 bits per heavy atom. The zero-order chi connectivity index (χ0) is 31.3. The van der Waals surface area contributed by atoms with Crippen LogP contribution in [0.2, 0.25) is 0 Å². The molecule has 1 amide bonds. The van der Waals surface area contributed by atoms with Gasteiger partial charge in [-0.05, 0) is 60.7 Å². The summed E-state index contributed by atoms with van der Waals surface area (Å²) in [5.41, 5.74) is 2.98. The Balaban J connectivity index is 1.27. The van der Waals surface area contributed by atoms with Crippen molar-refractivity contribution < 1.29 is 26.7 Å². The third-order valence-corrected chi connectivity index (χ3v) is 10.8. The first kappa shape index (κ1) is 29.5. The van der Waals surface area contributed by atoms with Gasteiger partial charge >= 0.3 is 0 Å². The number of nitrogens with zero attached hydrogens (tertiary/aromatic N) is 2. The summed E-state index contributed by atoms with van der Waals surface area (Å²) in [6.45, 7) is 4.04. The lowest BCUT2D eigenvalue weighted by Gasteiger charge is -2.34. The monoisotopic (exact) mass is 616 g/mol. The SMILES string of the molecule is CCC1(CC)C(=O)Nc2cc(C#Cc3nccc4cnc(Nc5ccc(S(=O)(=O)C6CC(F)(F)C6)cc5OC)cc34)ccc21. The van der Waals surface area contributed by atoms with Gasteiger partial charge in [0.15, 0.2) is 9.84 Å². The first-order chi connectivity index (χ1) is 21.0. The number of sulfone groups is 1. The number of hydrogen-bond donors (Lipinski definition) is 2. The molecular weight excluding hydrogens is 586 g/mol. The molecule has 11 heteroatoms. The van der Waals surface area contributed by atoms with Crippen molar-refractivity contribution in [2.45, 2.75) is 61.0 Å². The second-order valence-corrected chi connectivity index (χ2v) is 13.4. The molecule has 2 aromatic heterocycles. The van der Waals surface area contributed by atoms with Gasteiger partial charge in [-0.2, -0.15) is 0 Å². The molecule has 0 unspecified atom stereocenters. The average Bonchev–Trinajstić information content (AvgIpc) is 3.29. The quantitative estimate of drug-likeness (QED) is 0.233. The Kier molecular flexibility index (Phi) is 7.28. The lowest BCUT2D eigenvalue weighted by molar-refractivity contribution is -0.121. The summed E-state index contributed by atoms with van der Waals surface area (Å²) < 4.78 is 57.8. The van der Waals surface area contributed by atoms with Crippen LogP contribution in [0.1, 0.15) is 56.4 Å². The van der Waals surface area contributed by atoms with E-state index in [1.54, 1.807) is 18.5 Å². The van der Waals surface area contributed by atoms with Crippen LogP contribution >= 0.6 is 0 Å². The van der Waals surface area contributed by atoms with Crippen molar-refractivity contribution in [2.24, 2.45) is 0 Å². The smallest absolute Gasteiger partial charge is 0.250 e. The maximum Gasteiger partial charge on any atom is 0.250 e. The fourth-order valence-electron chi connectivity index (χ4n) is 5.93. The number of aromatic nitrogens is 2. The van der Waals surface area contributed by atoms with Crippen molar-refractivity contribution in [2.75, 3.05) is 17.7 Å². The number of alkyl halides is 2. The average molecular weight is 617 g/mol. The van der Waals surface area contributed by atoms with E-state index in [-0.39, 0.29) is 16.6 Å². The largest absolute Gasteiger partial charge is 0.495 e. The number of hydrogen-bond acceptors (Lipinski definition) is 7. The molecule has 2 aromatic carbocycles. The van der Waals surface area contributed by atoms with Gasteiger partial charge in [-0.3, -0.25) is 4.79 Å². The number of ether oxygens (including phenoxy) is 1. The third kappa shape index (κ3) is 5.03. The number of benzene rings is 2. The molecule has 1 fully saturated rings. The molecule has 0 bridgehead atoms. The van der Waals surface area contributed by atoms with Crippen LogP contribution in [0.3, 0.4) is 0 Å². The Bertz CT molecular complexity index is 1970. The van der Waals surface area contributed by atoms with Crippen LogP contribution in [0.15, 0.2) is 65.8 Å². The molecule has 1 aliphatic carbocycles. The van der Waals surface area contributed by atoms with Gasteiger partial charge in [0, 0.05) is 53.3 Å². The zero-order valence-corrected chi connectivity index (χ0v) is 25.2. The van der Waals surface area contributed by atoms with Crippen molar-refractivity contribution in [1.29, 1.82) is 0 Å². The Hall–Kier alpha value is -4.56. The maximum atomic E-state index is 13.3. The van der Waals surface area contributed by atoms with E-state index in [1.807, 2.05) is 38.1 Å². The molecule has 1 aliphatic heterocycles. The molecule has 0 spiro atoms. The van der Waals surface area contributed by atoms with E-state index in [9.17, 15) is 22.0 Å². The third-order valence-electron chi connectivity index (χ3n) is 8.65. The number of fused-ring (bicyclic) bond motifs is 2. The molecule has 8 nitrogen and oxygen atoms in total. The minimum absolute atomic E-state index is 0.0155. The fourth-order valence-corrected chi connectivity index (χ4v) is 7.77. The molecule has 6 rings (SSSR count). The van der Waals surface area contributed by atoms with Gasteiger partial charge in [-0.15, -0.1) is 0 Å². The lowest BCUT2D eigenvalue weighted by Crippen LogP contribution is -2.44. The topological polar surface area (TPSA) is 110 Å². The van der Waals surface area contributed by atoms with E-state index in [2.05, 4.69) is 32.4 Å². The Morgan fingerprint density at radius 3 is 2.52 bits per heavy atom. The molecule has 4 aromatic rings. The number of anilines is 3. The molecule has 0 saturated heterocycles. The number of amides is 1. The van der Waals surface area contributed by atoms with Crippen LogP contribution in [0.4, 0.5) is 26.0 Å². The van der Waals surface area contributed by atoms with E-state index in [1.165, 1.54) is 25.3 Å². The molecule has 0 radical (unpaired) electrons.